The molecule has 1 aliphatic rings. The number of rotatable bonds is 2. The highest BCUT2D eigenvalue weighted by Crippen LogP contribution is 2.38. The van der Waals surface area contributed by atoms with Gasteiger partial charge in [0.1, 0.15) is 11.9 Å². The molecule has 1 heterocycles. The van der Waals surface area contributed by atoms with E-state index in [1.165, 1.54) is 13.2 Å². The van der Waals surface area contributed by atoms with Gasteiger partial charge in [0, 0.05) is 17.0 Å². The van der Waals surface area contributed by atoms with Gasteiger partial charge in [-0.25, -0.2) is 4.79 Å². The van der Waals surface area contributed by atoms with Crippen LogP contribution in [0.1, 0.15) is 24.2 Å². The van der Waals surface area contributed by atoms with Crippen LogP contribution in [0, 0.1) is 0 Å². The van der Waals surface area contributed by atoms with Crippen molar-refractivity contribution in [3.05, 3.63) is 28.3 Å². The lowest BCUT2D eigenvalue weighted by Gasteiger charge is -2.13. The molecule has 1 aromatic rings. The maximum atomic E-state index is 11.3. The van der Waals surface area contributed by atoms with Gasteiger partial charge in [-0.05, 0) is 24.6 Å². The molecule has 0 radical (unpaired) electrons. The van der Waals surface area contributed by atoms with Crippen LogP contribution in [-0.2, 0) is 16.0 Å². The molecule has 1 N–H and O–H groups in total. The van der Waals surface area contributed by atoms with Gasteiger partial charge < -0.3 is 14.6 Å². The number of carbonyl (C=O) groups excluding carboxylic acids is 1. The van der Waals surface area contributed by atoms with Crippen molar-refractivity contribution in [2.75, 3.05) is 7.11 Å². The molecule has 2 atom stereocenters. The maximum absolute atomic E-state index is 11.3. The zero-order valence-electron chi connectivity index (χ0n) is 9.57. The molecule has 0 spiro atoms. The largest absolute Gasteiger partial charge is 0.490 e. The van der Waals surface area contributed by atoms with Gasteiger partial charge >= 0.3 is 5.97 Å². The zero-order valence-corrected chi connectivity index (χ0v) is 10.3. The van der Waals surface area contributed by atoms with E-state index in [0.29, 0.717) is 16.3 Å². The van der Waals surface area contributed by atoms with E-state index in [4.69, 9.17) is 16.3 Å². The summed E-state index contributed by atoms with van der Waals surface area (Å²) in [6, 6.07) is 3.31. The smallest absolute Gasteiger partial charge is 0.339 e. The van der Waals surface area contributed by atoms with Crippen molar-refractivity contribution in [3.8, 4) is 5.75 Å². The van der Waals surface area contributed by atoms with Crippen LogP contribution in [0.3, 0.4) is 0 Å². The molecule has 0 amide bonds. The van der Waals surface area contributed by atoms with Crippen LogP contribution in [0.5, 0.6) is 5.75 Å². The highest BCUT2D eigenvalue weighted by molar-refractivity contribution is 6.30. The van der Waals surface area contributed by atoms with E-state index in [0.717, 1.165) is 12.0 Å². The van der Waals surface area contributed by atoms with E-state index in [9.17, 15) is 9.90 Å². The van der Waals surface area contributed by atoms with E-state index in [2.05, 4.69) is 4.74 Å². The number of halogens is 1. The topological polar surface area (TPSA) is 55.8 Å². The Kier molecular flexibility index (Phi) is 3.26. The molecule has 2 rings (SSSR count). The number of benzene rings is 1. The third kappa shape index (κ3) is 2.23. The molecule has 17 heavy (non-hydrogen) atoms. The number of carbonyl (C=O) groups is 1. The fourth-order valence-corrected chi connectivity index (χ4v) is 2.21. The van der Waals surface area contributed by atoms with Gasteiger partial charge in [-0.2, -0.15) is 0 Å². The predicted octanol–water partition coefficient (Wildman–Crippen LogP) is 1.87. The Morgan fingerprint density at radius 1 is 1.65 bits per heavy atom. The number of aliphatic hydroxyl groups is 1. The third-order valence-electron chi connectivity index (χ3n) is 2.70. The Labute approximate surface area is 104 Å². The van der Waals surface area contributed by atoms with Gasteiger partial charge in [-0.1, -0.05) is 11.6 Å². The third-order valence-corrected chi connectivity index (χ3v) is 2.92. The second-order valence-electron chi connectivity index (χ2n) is 4.04. The molecule has 0 aliphatic carbocycles. The first-order valence-corrected chi connectivity index (χ1v) is 5.65. The van der Waals surface area contributed by atoms with E-state index in [1.807, 2.05) is 6.92 Å². The molecule has 0 saturated carbocycles. The summed E-state index contributed by atoms with van der Waals surface area (Å²) in [5, 5.41) is 10.3. The minimum atomic E-state index is -1.36. The molecule has 92 valence electrons. The Morgan fingerprint density at radius 3 is 3.00 bits per heavy atom. The maximum Gasteiger partial charge on any atom is 0.339 e. The molecule has 0 aromatic heterocycles. The van der Waals surface area contributed by atoms with Crippen molar-refractivity contribution in [1.82, 2.24) is 0 Å². The average Bonchev–Trinajstić information content (AvgIpc) is 2.66. The molecule has 4 nitrogen and oxygen atoms in total. The fourth-order valence-electron chi connectivity index (χ4n) is 1.96. The molecule has 2 unspecified atom stereocenters. The monoisotopic (exact) mass is 256 g/mol. The van der Waals surface area contributed by atoms with Crippen molar-refractivity contribution in [2.45, 2.75) is 25.6 Å². The van der Waals surface area contributed by atoms with Crippen LogP contribution < -0.4 is 4.74 Å². The van der Waals surface area contributed by atoms with Gasteiger partial charge in [0.15, 0.2) is 6.10 Å². The van der Waals surface area contributed by atoms with Crippen molar-refractivity contribution < 1.29 is 19.4 Å². The summed E-state index contributed by atoms with van der Waals surface area (Å²) >= 11 is 5.95. The highest BCUT2D eigenvalue weighted by atomic mass is 35.5. The zero-order chi connectivity index (χ0) is 12.6. The number of aliphatic hydroxyl groups excluding tert-OH is 1. The van der Waals surface area contributed by atoms with Crippen LogP contribution >= 0.6 is 11.6 Å². The molecule has 1 aliphatic heterocycles. The van der Waals surface area contributed by atoms with Gasteiger partial charge in [0.05, 0.1) is 7.11 Å². The molecule has 0 saturated heterocycles. The van der Waals surface area contributed by atoms with E-state index >= 15 is 0 Å². The molecular formula is C12H13ClO4. The Bertz CT molecular complexity index is 458. The van der Waals surface area contributed by atoms with Gasteiger partial charge in [0.2, 0.25) is 0 Å². The summed E-state index contributed by atoms with van der Waals surface area (Å²) in [5.74, 6) is -0.183. The standard InChI is InChI=1S/C12H13ClO4/c1-6-3-7-4-8(13)5-9(11(7)17-6)10(14)12(15)16-2/h4-6,10,14H,3H2,1-2H3. The summed E-state index contributed by atoms with van der Waals surface area (Å²) in [5.41, 5.74) is 1.27. The second kappa shape index (κ2) is 4.55. The number of ether oxygens (including phenoxy) is 2. The summed E-state index contributed by atoms with van der Waals surface area (Å²) < 4.78 is 10.1. The molecule has 1 aromatic carbocycles. The fraction of sp³-hybridized carbons (Fsp3) is 0.417. The van der Waals surface area contributed by atoms with Crippen LogP contribution in [-0.4, -0.2) is 24.3 Å². The second-order valence-corrected chi connectivity index (χ2v) is 4.48. The van der Waals surface area contributed by atoms with Crippen LogP contribution in [0.4, 0.5) is 0 Å². The number of fused-ring (bicyclic) bond motifs is 1. The summed E-state index contributed by atoms with van der Waals surface area (Å²) in [4.78, 5) is 11.3. The molecule has 0 bridgehead atoms. The summed E-state index contributed by atoms with van der Waals surface area (Å²) in [7, 11) is 1.22. The van der Waals surface area contributed by atoms with E-state index in [1.54, 1.807) is 6.07 Å². The van der Waals surface area contributed by atoms with Gasteiger partial charge in [-0.3, -0.25) is 0 Å². The number of methoxy groups -OCH3 is 1. The van der Waals surface area contributed by atoms with Gasteiger partial charge in [0.25, 0.3) is 0 Å². The molecular weight excluding hydrogens is 244 g/mol. The highest BCUT2D eigenvalue weighted by Gasteiger charge is 2.29. The van der Waals surface area contributed by atoms with Crippen molar-refractivity contribution in [1.29, 1.82) is 0 Å². The number of esters is 1. The van der Waals surface area contributed by atoms with E-state index in [-0.39, 0.29) is 6.10 Å². The summed E-state index contributed by atoms with van der Waals surface area (Å²) in [6.07, 6.45) is -0.624. The number of hydrogen-bond donors (Lipinski definition) is 1. The van der Waals surface area contributed by atoms with E-state index < -0.39 is 12.1 Å². The lowest BCUT2D eigenvalue weighted by Crippen LogP contribution is -2.15. The lowest BCUT2D eigenvalue weighted by molar-refractivity contribution is -0.150. The quantitative estimate of drug-likeness (QED) is 0.821. The minimum absolute atomic E-state index is 0.0204. The van der Waals surface area contributed by atoms with Gasteiger partial charge in [-0.15, -0.1) is 0 Å². The Morgan fingerprint density at radius 2 is 2.35 bits per heavy atom. The Hall–Kier alpha value is -1.26. The average molecular weight is 257 g/mol. The Balaban J connectivity index is 2.45. The number of hydrogen-bond acceptors (Lipinski definition) is 4. The van der Waals surface area contributed by atoms with Crippen molar-refractivity contribution in [3.63, 3.8) is 0 Å². The van der Waals surface area contributed by atoms with Crippen LogP contribution in [0.15, 0.2) is 12.1 Å². The summed E-state index contributed by atoms with van der Waals surface area (Å²) in [6.45, 7) is 1.92. The lowest BCUT2D eigenvalue weighted by atomic mass is 10.0. The SMILES string of the molecule is COC(=O)C(O)c1cc(Cl)cc2c1OC(C)C2. The molecule has 5 heteroatoms. The predicted molar refractivity (Wildman–Crippen MR) is 62.2 cm³/mol. The minimum Gasteiger partial charge on any atom is -0.490 e. The first-order valence-electron chi connectivity index (χ1n) is 5.27. The first kappa shape index (κ1) is 12.2. The van der Waals surface area contributed by atoms with Crippen molar-refractivity contribution >= 4 is 17.6 Å². The molecule has 0 fully saturated rings. The van der Waals surface area contributed by atoms with Crippen LogP contribution in [0.25, 0.3) is 0 Å². The van der Waals surface area contributed by atoms with Crippen LogP contribution in [0.2, 0.25) is 5.02 Å². The normalized spacial score (nSPS) is 19.4. The first-order chi connectivity index (χ1) is 8.02. The van der Waals surface area contributed by atoms with Crippen molar-refractivity contribution in [2.24, 2.45) is 0 Å².